The normalized spacial score (nSPS) is 14.6. The number of halogens is 1. The average molecular weight is 449 g/mol. The minimum atomic E-state index is -0.383. The van der Waals surface area contributed by atoms with Crippen molar-refractivity contribution in [3.63, 3.8) is 0 Å². The van der Waals surface area contributed by atoms with Crippen LogP contribution < -0.4 is 15.8 Å². The van der Waals surface area contributed by atoms with Crippen molar-refractivity contribution in [2.75, 3.05) is 23.3 Å². The third kappa shape index (κ3) is 3.89. The molecule has 0 unspecified atom stereocenters. The molecule has 4 aromatic rings. The highest BCUT2D eigenvalue weighted by Gasteiger charge is 2.28. The highest BCUT2D eigenvalue weighted by atomic mass is 32.1. The van der Waals surface area contributed by atoms with E-state index in [9.17, 15) is 14.0 Å². The van der Waals surface area contributed by atoms with E-state index >= 15 is 0 Å². The number of carbonyl (C=O) groups is 1. The van der Waals surface area contributed by atoms with E-state index in [4.69, 9.17) is 4.98 Å². The maximum absolute atomic E-state index is 13.4. The number of rotatable bonds is 4. The summed E-state index contributed by atoms with van der Waals surface area (Å²) in [6.45, 7) is 1.19. The number of carbonyl (C=O) groups excluding carboxylic acids is 1. The fraction of sp³-hybridized carbons (Fsp3) is 0.208. The number of benzene rings is 2. The third-order valence-corrected chi connectivity index (χ3v) is 6.61. The summed E-state index contributed by atoms with van der Waals surface area (Å²) < 4.78 is 15.7. The first-order valence-electron chi connectivity index (χ1n) is 10.5. The number of piperidine rings is 1. The number of anilines is 2. The van der Waals surface area contributed by atoms with Gasteiger partial charge < -0.3 is 10.2 Å². The number of thiophene rings is 1. The number of amides is 1. The molecule has 3 heterocycles. The van der Waals surface area contributed by atoms with Crippen molar-refractivity contribution >= 4 is 39.1 Å². The summed E-state index contributed by atoms with van der Waals surface area (Å²) in [4.78, 5) is 32.8. The molecule has 1 amide bonds. The molecule has 1 aliphatic rings. The van der Waals surface area contributed by atoms with Gasteiger partial charge in [-0.05, 0) is 54.6 Å². The lowest BCUT2D eigenvalue weighted by molar-refractivity contribution is -0.120. The molecule has 0 atom stereocenters. The number of hydrogen-bond acceptors (Lipinski definition) is 5. The Morgan fingerprint density at radius 1 is 1.06 bits per heavy atom. The van der Waals surface area contributed by atoms with E-state index in [-0.39, 0.29) is 23.2 Å². The van der Waals surface area contributed by atoms with Gasteiger partial charge in [-0.2, -0.15) is 0 Å². The molecule has 0 aliphatic carbocycles. The van der Waals surface area contributed by atoms with Gasteiger partial charge in [0, 0.05) is 24.7 Å². The van der Waals surface area contributed by atoms with Crippen molar-refractivity contribution in [2.24, 2.45) is 5.92 Å². The second kappa shape index (κ2) is 8.55. The molecule has 1 fully saturated rings. The molecule has 1 saturated heterocycles. The Morgan fingerprint density at radius 3 is 2.59 bits per heavy atom. The summed E-state index contributed by atoms with van der Waals surface area (Å²) in [5.74, 6) is -0.0873. The van der Waals surface area contributed by atoms with Gasteiger partial charge in [0.25, 0.3) is 5.56 Å². The Labute approximate surface area is 187 Å². The van der Waals surface area contributed by atoms with E-state index in [0.29, 0.717) is 47.8 Å². The average Bonchev–Trinajstić information content (AvgIpc) is 3.29. The molecule has 8 heteroatoms. The molecule has 0 radical (unpaired) electrons. The zero-order valence-electron chi connectivity index (χ0n) is 17.2. The fourth-order valence-corrected chi connectivity index (χ4v) is 4.83. The van der Waals surface area contributed by atoms with Crippen LogP contribution in [0.15, 0.2) is 70.8 Å². The number of aromatic nitrogens is 2. The Kier molecular flexibility index (Phi) is 5.45. The Hall–Kier alpha value is -3.52. The zero-order chi connectivity index (χ0) is 22.1. The summed E-state index contributed by atoms with van der Waals surface area (Å²) >= 11 is 1.39. The zero-order valence-corrected chi connectivity index (χ0v) is 18.0. The molecule has 6 nitrogen and oxygen atoms in total. The van der Waals surface area contributed by atoms with E-state index in [1.165, 1.54) is 23.5 Å². The molecule has 5 rings (SSSR count). The minimum Gasteiger partial charge on any atom is -0.342 e. The Bertz CT molecular complexity index is 1330. The van der Waals surface area contributed by atoms with Gasteiger partial charge in [-0.3, -0.25) is 9.59 Å². The maximum atomic E-state index is 13.4. The van der Waals surface area contributed by atoms with E-state index in [1.54, 1.807) is 16.7 Å². The lowest BCUT2D eigenvalue weighted by Gasteiger charge is -2.33. The predicted octanol–water partition coefficient (Wildman–Crippen LogP) is 4.44. The summed E-state index contributed by atoms with van der Waals surface area (Å²) in [5.41, 5.74) is 1.83. The van der Waals surface area contributed by atoms with E-state index in [0.717, 1.165) is 5.69 Å². The van der Waals surface area contributed by atoms with Crippen molar-refractivity contribution < 1.29 is 9.18 Å². The molecule has 162 valence electrons. The number of nitrogens with zero attached hydrogens (tertiary/aromatic N) is 3. The second-order valence-corrected chi connectivity index (χ2v) is 8.70. The van der Waals surface area contributed by atoms with Crippen LogP contribution in [0, 0.1) is 11.7 Å². The molecule has 2 aromatic carbocycles. The monoisotopic (exact) mass is 448 g/mol. The van der Waals surface area contributed by atoms with E-state index in [2.05, 4.69) is 10.2 Å². The predicted molar refractivity (Wildman–Crippen MR) is 125 cm³/mol. The van der Waals surface area contributed by atoms with E-state index < -0.39 is 0 Å². The van der Waals surface area contributed by atoms with Crippen LogP contribution in [0.2, 0.25) is 0 Å². The van der Waals surface area contributed by atoms with Crippen LogP contribution >= 0.6 is 11.3 Å². The molecule has 0 bridgehead atoms. The van der Waals surface area contributed by atoms with Gasteiger partial charge >= 0.3 is 0 Å². The Balaban J connectivity index is 1.39. The van der Waals surface area contributed by atoms with Crippen molar-refractivity contribution in [1.29, 1.82) is 0 Å². The first-order chi connectivity index (χ1) is 15.6. The topological polar surface area (TPSA) is 67.2 Å². The van der Waals surface area contributed by atoms with Crippen LogP contribution in [-0.4, -0.2) is 28.5 Å². The van der Waals surface area contributed by atoms with Gasteiger partial charge in [-0.15, -0.1) is 11.3 Å². The molecule has 1 N–H and O–H groups in total. The first-order valence-corrected chi connectivity index (χ1v) is 11.4. The summed E-state index contributed by atoms with van der Waals surface area (Å²) in [5, 5.41) is 4.68. The maximum Gasteiger partial charge on any atom is 0.277 e. The molecule has 32 heavy (non-hydrogen) atoms. The van der Waals surface area contributed by atoms with Crippen LogP contribution in [0.25, 0.3) is 15.9 Å². The van der Waals surface area contributed by atoms with Crippen LogP contribution in [0.5, 0.6) is 0 Å². The smallest absolute Gasteiger partial charge is 0.277 e. The highest BCUT2D eigenvalue weighted by molar-refractivity contribution is 7.17. The largest absolute Gasteiger partial charge is 0.342 e. The van der Waals surface area contributed by atoms with Gasteiger partial charge in [0.05, 0.1) is 11.2 Å². The van der Waals surface area contributed by atoms with E-state index in [1.807, 2.05) is 41.8 Å². The van der Waals surface area contributed by atoms with Crippen LogP contribution in [0.1, 0.15) is 12.8 Å². The van der Waals surface area contributed by atoms with Gasteiger partial charge in [-0.25, -0.2) is 13.9 Å². The van der Waals surface area contributed by atoms with Crippen LogP contribution in [-0.2, 0) is 4.79 Å². The summed E-state index contributed by atoms with van der Waals surface area (Å²) in [7, 11) is 0. The standard InChI is InChI=1S/C24H21FN4O2S/c25-17-5-4-6-18(15-17)26-22(30)16-9-12-28(13-10-16)24-27-20-11-14-32-21(20)23(31)29(24)19-7-2-1-3-8-19/h1-8,11,14-16H,9-10,12-13H2,(H,26,30). The van der Waals surface area contributed by atoms with Gasteiger partial charge in [-0.1, -0.05) is 24.3 Å². The lowest BCUT2D eigenvalue weighted by Crippen LogP contribution is -2.41. The number of fused-ring (bicyclic) bond motifs is 1. The van der Waals surface area contributed by atoms with Crippen molar-refractivity contribution in [2.45, 2.75) is 12.8 Å². The first kappa shape index (κ1) is 20.4. The number of hydrogen-bond donors (Lipinski definition) is 1. The van der Waals surface area contributed by atoms with Gasteiger partial charge in [0.1, 0.15) is 10.5 Å². The highest BCUT2D eigenvalue weighted by Crippen LogP contribution is 2.27. The summed E-state index contributed by atoms with van der Waals surface area (Å²) in [6.07, 6.45) is 1.24. The van der Waals surface area contributed by atoms with Crippen molar-refractivity contribution in [1.82, 2.24) is 9.55 Å². The minimum absolute atomic E-state index is 0.0860. The van der Waals surface area contributed by atoms with Crippen LogP contribution in [0.4, 0.5) is 16.0 Å². The van der Waals surface area contributed by atoms with Crippen LogP contribution in [0.3, 0.4) is 0 Å². The molecule has 0 saturated carbocycles. The van der Waals surface area contributed by atoms with Crippen molar-refractivity contribution in [3.05, 3.63) is 82.2 Å². The number of para-hydroxylation sites is 1. The summed E-state index contributed by atoms with van der Waals surface area (Å²) in [6, 6.07) is 17.3. The van der Waals surface area contributed by atoms with Gasteiger partial charge in [0.15, 0.2) is 0 Å². The Morgan fingerprint density at radius 2 is 1.84 bits per heavy atom. The molecular weight excluding hydrogens is 427 g/mol. The van der Waals surface area contributed by atoms with Crippen molar-refractivity contribution in [3.8, 4) is 5.69 Å². The molecule has 1 aliphatic heterocycles. The lowest BCUT2D eigenvalue weighted by atomic mass is 9.96. The third-order valence-electron chi connectivity index (χ3n) is 5.72. The quantitative estimate of drug-likeness (QED) is 0.501. The molecule has 2 aromatic heterocycles. The van der Waals surface area contributed by atoms with Gasteiger partial charge in [0.2, 0.25) is 11.9 Å². The molecule has 0 spiro atoms. The fourth-order valence-electron chi connectivity index (χ4n) is 4.07. The number of nitrogens with one attached hydrogen (secondary N) is 1. The molecular formula is C24H21FN4O2S. The SMILES string of the molecule is O=C(Nc1cccc(F)c1)C1CCN(c2nc3ccsc3c(=O)n2-c2ccccc2)CC1. The second-order valence-electron chi connectivity index (χ2n) is 7.78.